The highest BCUT2D eigenvalue weighted by atomic mass is 32.1. The highest BCUT2D eigenvalue weighted by molar-refractivity contribution is 7.80. The van der Waals surface area contributed by atoms with Crippen LogP contribution in [-0.2, 0) is 4.74 Å². The maximum atomic E-state index is 5.52. The van der Waals surface area contributed by atoms with Gasteiger partial charge in [-0.3, -0.25) is 0 Å². The second-order valence-corrected chi connectivity index (χ2v) is 2.21. The zero-order valence-corrected chi connectivity index (χ0v) is 6.42. The van der Waals surface area contributed by atoms with Crippen LogP contribution in [0.4, 0.5) is 0 Å². The Morgan fingerprint density at radius 3 is 2.80 bits per heavy atom. The number of nitrogens with two attached hydrogens (primary N) is 1. The number of ether oxygens (including phenoxy) is 1. The van der Waals surface area contributed by atoms with Crippen LogP contribution in [0.25, 0.3) is 0 Å². The Kier molecular flexibility index (Phi) is 1.96. The molecule has 10 heavy (non-hydrogen) atoms. The standard InChI is InChI=1S/C5H9N3OS/c1-9-4-3(6)5(10)8-2-7-4/h7H,2,6H2,1H3,(H,8,10). The predicted molar refractivity (Wildman–Crippen MR) is 42.0 cm³/mol. The molecular weight excluding hydrogens is 150 g/mol. The van der Waals surface area contributed by atoms with Gasteiger partial charge in [0.05, 0.1) is 13.8 Å². The summed E-state index contributed by atoms with van der Waals surface area (Å²) in [5, 5.41) is 5.74. The Bertz CT molecular complexity index is 189. The van der Waals surface area contributed by atoms with Gasteiger partial charge in [-0.25, -0.2) is 0 Å². The van der Waals surface area contributed by atoms with Crippen LogP contribution < -0.4 is 16.4 Å². The van der Waals surface area contributed by atoms with Crippen molar-refractivity contribution in [1.82, 2.24) is 10.6 Å². The van der Waals surface area contributed by atoms with E-state index in [4.69, 9.17) is 22.7 Å². The number of thiocarbonyl (C=S) groups is 1. The molecule has 0 bridgehead atoms. The van der Waals surface area contributed by atoms with Crippen LogP contribution in [0.1, 0.15) is 0 Å². The third-order valence-corrected chi connectivity index (χ3v) is 1.56. The van der Waals surface area contributed by atoms with Gasteiger partial charge in [-0.05, 0) is 0 Å². The maximum Gasteiger partial charge on any atom is 0.214 e. The molecule has 4 nitrogen and oxygen atoms in total. The molecule has 4 N–H and O–H groups in total. The molecule has 0 saturated carbocycles. The Morgan fingerprint density at radius 1 is 1.60 bits per heavy atom. The summed E-state index contributed by atoms with van der Waals surface area (Å²) in [6.07, 6.45) is 0. The minimum absolute atomic E-state index is 0.462. The minimum atomic E-state index is 0.462. The molecule has 0 aromatic heterocycles. The van der Waals surface area contributed by atoms with Crippen LogP contribution >= 0.6 is 12.2 Å². The second-order valence-electron chi connectivity index (χ2n) is 1.81. The molecule has 0 aliphatic carbocycles. The fourth-order valence-corrected chi connectivity index (χ4v) is 0.845. The van der Waals surface area contributed by atoms with Crippen LogP contribution in [0.2, 0.25) is 0 Å². The van der Waals surface area contributed by atoms with Crippen molar-refractivity contribution >= 4 is 17.2 Å². The molecule has 0 aromatic rings. The molecule has 0 aromatic carbocycles. The summed E-state index contributed by atoms with van der Waals surface area (Å²) in [6, 6.07) is 0. The lowest BCUT2D eigenvalue weighted by atomic mass is 10.4. The summed E-state index contributed by atoms with van der Waals surface area (Å²) < 4.78 is 4.89. The zero-order chi connectivity index (χ0) is 7.56. The Morgan fingerprint density at radius 2 is 2.30 bits per heavy atom. The average molecular weight is 159 g/mol. The van der Waals surface area contributed by atoms with E-state index in [1.807, 2.05) is 0 Å². The van der Waals surface area contributed by atoms with Gasteiger partial charge in [0, 0.05) is 0 Å². The summed E-state index contributed by atoms with van der Waals surface area (Å²) in [4.78, 5) is 0.538. The minimum Gasteiger partial charge on any atom is -0.481 e. The van der Waals surface area contributed by atoms with E-state index in [9.17, 15) is 0 Å². The monoisotopic (exact) mass is 159 g/mol. The fourth-order valence-electron chi connectivity index (χ4n) is 0.680. The van der Waals surface area contributed by atoms with Crippen LogP contribution in [0.5, 0.6) is 0 Å². The number of hydrogen-bond acceptors (Lipinski definition) is 4. The molecule has 0 fully saturated rings. The van der Waals surface area contributed by atoms with Gasteiger partial charge < -0.3 is 21.1 Å². The molecule has 56 valence electrons. The SMILES string of the molecule is COC1=C(N)C(=S)NCN1. The van der Waals surface area contributed by atoms with Gasteiger partial charge in [-0.15, -0.1) is 0 Å². The Balaban J connectivity index is 2.82. The summed E-state index contributed by atoms with van der Waals surface area (Å²) in [6.45, 7) is 0.572. The molecule has 0 atom stereocenters. The molecule has 0 unspecified atom stereocenters. The number of methoxy groups -OCH3 is 1. The Hall–Kier alpha value is -0.970. The van der Waals surface area contributed by atoms with Crippen molar-refractivity contribution in [3.05, 3.63) is 11.6 Å². The third kappa shape index (κ3) is 1.13. The molecule has 0 saturated heterocycles. The summed E-state index contributed by atoms with van der Waals surface area (Å²) in [5.41, 5.74) is 5.98. The molecule has 1 aliphatic heterocycles. The smallest absolute Gasteiger partial charge is 0.214 e. The van der Waals surface area contributed by atoms with Gasteiger partial charge in [0.1, 0.15) is 10.7 Å². The predicted octanol–water partition coefficient (Wildman–Crippen LogP) is -0.762. The van der Waals surface area contributed by atoms with E-state index in [0.29, 0.717) is 23.2 Å². The molecule has 1 rings (SSSR count). The maximum absolute atomic E-state index is 5.52. The largest absolute Gasteiger partial charge is 0.481 e. The molecule has 0 spiro atoms. The molecule has 1 aliphatic rings. The summed E-state index contributed by atoms with van der Waals surface area (Å²) >= 11 is 4.86. The highest BCUT2D eigenvalue weighted by Gasteiger charge is 2.12. The lowest BCUT2D eigenvalue weighted by Gasteiger charge is -2.19. The third-order valence-electron chi connectivity index (χ3n) is 1.19. The average Bonchev–Trinajstić information content (AvgIpc) is 1.95. The molecule has 5 heteroatoms. The van der Waals surface area contributed by atoms with Crippen LogP contribution in [0.3, 0.4) is 0 Å². The van der Waals surface area contributed by atoms with Gasteiger partial charge in [-0.1, -0.05) is 12.2 Å². The molecule has 0 amide bonds. The topological polar surface area (TPSA) is 59.3 Å². The van der Waals surface area contributed by atoms with Crippen molar-refractivity contribution in [1.29, 1.82) is 0 Å². The molecular formula is C5H9N3OS. The van der Waals surface area contributed by atoms with Crippen molar-refractivity contribution in [3.8, 4) is 0 Å². The van der Waals surface area contributed by atoms with Gasteiger partial charge in [0.2, 0.25) is 5.88 Å². The number of hydrogen-bond donors (Lipinski definition) is 3. The zero-order valence-electron chi connectivity index (χ0n) is 5.60. The first-order valence-corrected chi connectivity index (χ1v) is 3.22. The fraction of sp³-hybridized carbons (Fsp3) is 0.400. The summed E-state index contributed by atoms with van der Waals surface area (Å²) in [5.74, 6) is 0.545. The van der Waals surface area contributed by atoms with Crippen molar-refractivity contribution in [3.63, 3.8) is 0 Å². The van der Waals surface area contributed by atoms with Crippen LogP contribution in [0, 0.1) is 0 Å². The van der Waals surface area contributed by atoms with E-state index in [-0.39, 0.29) is 0 Å². The van der Waals surface area contributed by atoms with Crippen LogP contribution in [0.15, 0.2) is 11.6 Å². The first kappa shape index (κ1) is 7.14. The van der Waals surface area contributed by atoms with E-state index >= 15 is 0 Å². The lowest BCUT2D eigenvalue weighted by Crippen LogP contribution is -2.43. The van der Waals surface area contributed by atoms with E-state index < -0.39 is 0 Å². The second kappa shape index (κ2) is 2.74. The van der Waals surface area contributed by atoms with E-state index in [1.165, 1.54) is 0 Å². The van der Waals surface area contributed by atoms with Gasteiger partial charge >= 0.3 is 0 Å². The normalized spacial score (nSPS) is 17.9. The summed E-state index contributed by atoms with van der Waals surface area (Å²) in [7, 11) is 1.54. The van der Waals surface area contributed by atoms with Gasteiger partial charge in [0.25, 0.3) is 0 Å². The van der Waals surface area contributed by atoms with E-state index in [1.54, 1.807) is 7.11 Å². The van der Waals surface area contributed by atoms with Crippen LogP contribution in [-0.4, -0.2) is 18.8 Å². The van der Waals surface area contributed by atoms with E-state index in [0.717, 1.165) is 0 Å². The molecule has 1 heterocycles. The van der Waals surface area contributed by atoms with Gasteiger partial charge in [-0.2, -0.15) is 0 Å². The van der Waals surface area contributed by atoms with E-state index in [2.05, 4.69) is 10.6 Å². The quantitative estimate of drug-likeness (QED) is 0.439. The van der Waals surface area contributed by atoms with Crippen molar-refractivity contribution in [2.45, 2.75) is 0 Å². The lowest BCUT2D eigenvalue weighted by molar-refractivity contribution is 0.254. The van der Waals surface area contributed by atoms with Crippen molar-refractivity contribution in [2.24, 2.45) is 5.73 Å². The number of nitrogens with one attached hydrogen (secondary N) is 2. The first-order valence-electron chi connectivity index (χ1n) is 2.81. The van der Waals surface area contributed by atoms with Crippen molar-refractivity contribution < 1.29 is 4.74 Å². The van der Waals surface area contributed by atoms with Crippen molar-refractivity contribution in [2.75, 3.05) is 13.8 Å². The Labute approximate surface area is 64.4 Å². The molecule has 0 radical (unpaired) electrons. The first-order chi connectivity index (χ1) is 4.75. The highest BCUT2D eigenvalue weighted by Crippen LogP contribution is 2.00. The van der Waals surface area contributed by atoms with Gasteiger partial charge in [0.15, 0.2) is 0 Å². The number of rotatable bonds is 1.